The average Bonchev–Trinajstić information content (AvgIpc) is 2.62. The van der Waals surface area contributed by atoms with Crippen LogP contribution in [0.25, 0.3) is 0 Å². The van der Waals surface area contributed by atoms with Crippen LogP contribution in [0.1, 0.15) is 5.56 Å². The van der Waals surface area contributed by atoms with Crippen molar-refractivity contribution in [1.29, 1.82) is 0 Å². The van der Waals surface area contributed by atoms with Crippen LogP contribution in [0.4, 0.5) is 8.78 Å². The minimum absolute atomic E-state index is 0.0257. The highest BCUT2D eigenvalue weighted by molar-refractivity contribution is 6.03. The lowest BCUT2D eigenvalue weighted by atomic mass is 10.1. The summed E-state index contributed by atoms with van der Waals surface area (Å²) < 4.78 is 33.7. The number of benzene rings is 1. The van der Waals surface area contributed by atoms with E-state index in [0.717, 1.165) is 0 Å². The minimum Gasteiger partial charge on any atom is -0.411 e. The van der Waals surface area contributed by atoms with E-state index in [4.69, 9.17) is 5.21 Å². The van der Waals surface area contributed by atoms with Crippen molar-refractivity contribution in [3.63, 3.8) is 0 Å². The van der Waals surface area contributed by atoms with Gasteiger partial charge in [0, 0.05) is 5.56 Å². The third kappa shape index (κ3) is 2.17. The van der Waals surface area contributed by atoms with E-state index in [1.807, 2.05) is 0 Å². The Labute approximate surface area is 90.1 Å². The summed E-state index contributed by atoms with van der Waals surface area (Å²) in [7, 11) is 0. The van der Waals surface area contributed by atoms with Crippen molar-refractivity contribution in [2.24, 2.45) is 5.16 Å². The molecule has 0 saturated carbocycles. The summed E-state index contributed by atoms with van der Waals surface area (Å²) in [6.45, 7) is -0.346. The van der Waals surface area contributed by atoms with Crippen molar-refractivity contribution in [3.8, 4) is 0 Å². The van der Waals surface area contributed by atoms with Crippen LogP contribution in [-0.4, -0.2) is 29.9 Å². The lowest BCUT2D eigenvalue weighted by molar-refractivity contribution is -0.343. The van der Waals surface area contributed by atoms with E-state index in [0.29, 0.717) is 5.56 Å². The zero-order valence-corrected chi connectivity index (χ0v) is 8.14. The summed E-state index contributed by atoms with van der Waals surface area (Å²) in [5, 5.41) is 11.8. The van der Waals surface area contributed by atoms with Crippen LogP contribution in [0.15, 0.2) is 35.5 Å². The van der Waals surface area contributed by atoms with Gasteiger partial charge in [-0.25, -0.2) is 0 Å². The fraction of sp³-hybridized carbons (Fsp3) is 0.300. The van der Waals surface area contributed by atoms with Gasteiger partial charge in [0.15, 0.2) is 0 Å². The topological polar surface area (TPSA) is 51.1 Å². The largest absolute Gasteiger partial charge is 0.486 e. The molecule has 16 heavy (non-hydrogen) atoms. The first-order valence-corrected chi connectivity index (χ1v) is 4.59. The van der Waals surface area contributed by atoms with Gasteiger partial charge < -0.3 is 5.21 Å². The number of hydrogen-bond acceptors (Lipinski definition) is 4. The van der Waals surface area contributed by atoms with Crippen molar-refractivity contribution in [1.82, 2.24) is 0 Å². The van der Waals surface area contributed by atoms with E-state index >= 15 is 0 Å². The van der Waals surface area contributed by atoms with Crippen LogP contribution >= 0.6 is 0 Å². The van der Waals surface area contributed by atoms with Gasteiger partial charge in [-0.3, -0.25) is 9.47 Å². The molecule has 1 saturated heterocycles. The second-order valence-corrected chi connectivity index (χ2v) is 3.23. The zero-order valence-electron chi connectivity index (χ0n) is 8.14. The zero-order chi connectivity index (χ0) is 11.6. The summed E-state index contributed by atoms with van der Waals surface area (Å²) in [6.07, 6.45) is -4.68. The van der Waals surface area contributed by atoms with Crippen LogP contribution in [0, 0.1) is 0 Å². The Morgan fingerprint density at radius 1 is 1.38 bits per heavy atom. The second kappa shape index (κ2) is 4.15. The van der Waals surface area contributed by atoms with E-state index in [9.17, 15) is 8.78 Å². The molecule has 0 bridgehead atoms. The standard InChI is InChI=1S/C10H9F2NO3/c11-10(12)15-6-8(16-10)9(13-14)7-4-2-1-3-5-7/h1-5,8,14H,6H2. The first-order chi connectivity index (χ1) is 7.62. The van der Waals surface area contributed by atoms with Gasteiger partial charge in [0.2, 0.25) is 0 Å². The van der Waals surface area contributed by atoms with Gasteiger partial charge in [-0.2, -0.15) is 0 Å². The monoisotopic (exact) mass is 229 g/mol. The smallest absolute Gasteiger partial charge is 0.411 e. The summed E-state index contributed by atoms with van der Waals surface area (Å²) >= 11 is 0. The third-order valence-corrected chi connectivity index (χ3v) is 2.16. The molecular weight excluding hydrogens is 220 g/mol. The first-order valence-electron chi connectivity index (χ1n) is 4.59. The maximum absolute atomic E-state index is 12.6. The Morgan fingerprint density at radius 2 is 2.06 bits per heavy atom. The van der Waals surface area contributed by atoms with E-state index in [1.54, 1.807) is 30.3 Å². The number of nitrogens with zero attached hydrogens (tertiary/aromatic N) is 1. The van der Waals surface area contributed by atoms with E-state index in [-0.39, 0.29) is 12.3 Å². The molecule has 6 heteroatoms. The lowest BCUT2D eigenvalue weighted by Crippen LogP contribution is -2.26. The maximum Gasteiger partial charge on any atom is 0.486 e. The number of hydrogen-bond donors (Lipinski definition) is 1. The van der Waals surface area contributed by atoms with Crippen molar-refractivity contribution in [2.45, 2.75) is 12.4 Å². The molecule has 1 fully saturated rings. The first kappa shape index (κ1) is 11.0. The van der Waals surface area contributed by atoms with Crippen LogP contribution in [-0.2, 0) is 9.47 Å². The van der Waals surface area contributed by atoms with E-state index in [2.05, 4.69) is 14.6 Å². The molecule has 2 rings (SSSR count). The molecule has 0 spiro atoms. The maximum atomic E-state index is 12.6. The van der Waals surface area contributed by atoms with Gasteiger partial charge in [0.05, 0.1) is 6.61 Å². The highest BCUT2D eigenvalue weighted by Gasteiger charge is 2.45. The lowest BCUT2D eigenvalue weighted by Gasteiger charge is -2.10. The molecule has 0 radical (unpaired) electrons. The van der Waals surface area contributed by atoms with Gasteiger partial charge in [-0.05, 0) is 0 Å². The predicted octanol–water partition coefficient (Wildman–Crippen LogP) is 1.83. The highest BCUT2D eigenvalue weighted by atomic mass is 19.3. The van der Waals surface area contributed by atoms with Gasteiger partial charge in [-0.15, -0.1) is 8.78 Å². The molecule has 1 aromatic rings. The van der Waals surface area contributed by atoms with E-state index < -0.39 is 12.4 Å². The van der Waals surface area contributed by atoms with Crippen molar-refractivity contribution >= 4 is 5.71 Å². The summed E-state index contributed by atoms with van der Waals surface area (Å²) in [4.78, 5) is 0. The number of ether oxygens (including phenoxy) is 2. The molecule has 4 nitrogen and oxygen atoms in total. The van der Waals surface area contributed by atoms with Crippen molar-refractivity contribution in [3.05, 3.63) is 35.9 Å². The Morgan fingerprint density at radius 3 is 2.56 bits per heavy atom. The van der Waals surface area contributed by atoms with Crippen molar-refractivity contribution in [2.75, 3.05) is 6.61 Å². The van der Waals surface area contributed by atoms with Gasteiger partial charge in [0.25, 0.3) is 0 Å². The molecule has 1 aliphatic heterocycles. The molecule has 0 amide bonds. The molecule has 1 unspecified atom stereocenters. The molecule has 0 aromatic heterocycles. The highest BCUT2D eigenvalue weighted by Crippen LogP contribution is 2.28. The van der Waals surface area contributed by atoms with Gasteiger partial charge >= 0.3 is 6.29 Å². The van der Waals surface area contributed by atoms with Gasteiger partial charge in [0.1, 0.15) is 11.8 Å². The van der Waals surface area contributed by atoms with E-state index in [1.165, 1.54) is 0 Å². The predicted molar refractivity (Wildman–Crippen MR) is 50.5 cm³/mol. The Kier molecular flexibility index (Phi) is 2.84. The Balaban J connectivity index is 2.20. The Hall–Kier alpha value is -1.53. The molecule has 1 heterocycles. The molecular formula is C10H9F2NO3. The Bertz CT molecular complexity index is 394. The van der Waals surface area contributed by atoms with Crippen LogP contribution in [0.5, 0.6) is 0 Å². The summed E-state index contributed by atoms with van der Waals surface area (Å²) in [5.74, 6) is 0. The third-order valence-electron chi connectivity index (χ3n) is 2.16. The molecule has 1 aliphatic rings. The van der Waals surface area contributed by atoms with Gasteiger partial charge in [-0.1, -0.05) is 35.5 Å². The quantitative estimate of drug-likeness (QED) is 0.478. The molecule has 1 aromatic carbocycles. The number of alkyl halides is 2. The summed E-state index contributed by atoms with van der Waals surface area (Å²) in [5.41, 5.74) is 0.536. The molecule has 1 atom stereocenters. The molecule has 1 N–H and O–H groups in total. The average molecular weight is 229 g/mol. The number of rotatable bonds is 2. The number of oxime groups is 1. The number of halogens is 2. The summed E-state index contributed by atoms with van der Waals surface area (Å²) in [6, 6.07) is 8.44. The fourth-order valence-electron chi connectivity index (χ4n) is 1.46. The van der Waals surface area contributed by atoms with Crippen LogP contribution in [0.3, 0.4) is 0 Å². The SMILES string of the molecule is ON=C(c1ccccc1)C1COC(F)(F)O1. The molecule has 86 valence electrons. The fourth-order valence-corrected chi connectivity index (χ4v) is 1.46. The molecule has 0 aliphatic carbocycles. The minimum atomic E-state index is -3.62. The van der Waals surface area contributed by atoms with Crippen LogP contribution < -0.4 is 0 Å². The van der Waals surface area contributed by atoms with Crippen molar-refractivity contribution < 1.29 is 23.5 Å². The second-order valence-electron chi connectivity index (χ2n) is 3.23. The van der Waals surface area contributed by atoms with Crippen LogP contribution in [0.2, 0.25) is 0 Å². The normalized spacial score (nSPS) is 24.6.